The number of amides is 2. The van der Waals surface area contributed by atoms with Gasteiger partial charge in [-0.15, -0.1) is 0 Å². The highest BCUT2D eigenvalue weighted by atomic mass is 79.9. The summed E-state index contributed by atoms with van der Waals surface area (Å²) in [5.41, 5.74) is 0.717. The van der Waals surface area contributed by atoms with Crippen LogP contribution < -0.4 is 16.0 Å². The molecule has 0 aliphatic rings. The zero-order valence-corrected chi connectivity index (χ0v) is 14.5. The molecule has 0 aliphatic heterocycles. The largest absolute Gasteiger partial charge is 0.444 e. The fourth-order valence-corrected chi connectivity index (χ4v) is 2.16. The molecule has 25 heavy (non-hydrogen) atoms. The summed E-state index contributed by atoms with van der Waals surface area (Å²) in [5.74, 6) is -0.714. The van der Waals surface area contributed by atoms with Crippen LogP contribution in [0.15, 0.2) is 45.5 Å². The van der Waals surface area contributed by atoms with Crippen LogP contribution in [0.4, 0.5) is 11.4 Å². The molecule has 3 N–H and O–H groups in total. The zero-order chi connectivity index (χ0) is 18.2. The van der Waals surface area contributed by atoms with Crippen LogP contribution in [0.1, 0.15) is 10.6 Å². The van der Waals surface area contributed by atoms with Gasteiger partial charge in [0.1, 0.15) is 0 Å². The number of anilines is 1. The molecule has 0 atom stereocenters. The predicted octanol–water partition coefficient (Wildman–Crippen LogP) is 1.91. The van der Waals surface area contributed by atoms with E-state index in [2.05, 4.69) is 31.9 Å². The molecule has 10 heteroatoms. The molecule has 1 heterocycles. The Labute approximate surface area is 151 Å². The van der Waals surface area contributed by atoms with Crippen molar-refractivity contribution in [1.29, 1.82) is 0 Å². The Morgan fingerprint density at radius 2 is 1.80 bits per heavy atom. The van der Waals surface area contributed by atoms with Crippen molar-refractivity contribution in [3.63, 3.8) is 0 Å². The van der Waals surface area contributed by atoms with Gasteiger partial charge in [0.2, 0.25) is 5.91 Å². The molecule has 1 aromatic carbocycles. The Balaban J connectivity index is 1.63. The molecule has 0 aliphatic carbocycles. The Morgan fingerprint density at radius 1 is 1.08 bits per heavy atom. The third kappa shape index (κ3) is 5.92. The Morgan fingerprint density at radius 3 is 2.40 bits per heavy atom. The van der Waals surface area contributed by atoms with Gasteiger partial charge >= 0.3 is 0 Å². The van der Waals surface area contributed by atoms with E-state index in [1.54, 1.807) is 18.2 Å². The molecule has 2 aromatic rings. The summed E-state index contributed by atoms with van der Waals surface area (Å²) in [6.07, 6.45) is 0. The van der Waals surface area contributed by atoms with E-state index in [-0.39, 0.29) is 23.9 Å². The van der Waals surface area contributed by atoms with Crippen molar-refractivity contribution in [2.75, 3.05) is 25.0 Å². The first kappa shape index (κ1) is 18.5. The Hall–Kier alpha value is -2.88. The summed E-state index contributed by atoms with van der Waals surface area (Å²) in [4.78, 5) is 33.4. The molecule has 9 nitrogen and oxygen atoms in total. The van der Waals surface area contributed by atoms with Crippen LogP contribution in [0.25, 0.3) is 0 Å². The molecule has 0 radical (unpaired) electrons. The lowest BCUT2D eigenvalue weighted by molar-refractivity contribution is -0.384. The maximum atomic E-state index is 11.7. The lowest BCUT2D eigenvalue weighted by Gasteiger charge is -2.08. The van der Waals surface area contributed by atoms with E-state index in [0.717, 1.165) is 0 Å². The summed E-state index contributed by atoms with van der Waals surface area (Å²) in [6, 6.07) is 9.03. The number of furan rings is 1. The molecule has 0 spiro atoms. The third-order valence-corrected chi connectivity index (χ3v) is 3.49. The minimum atomic E-state index is -0.482. The van der Waals surface area contributed by atoms with Crippen LogP contribution in [0.3, 0.4) is 0 Å². The molecule has 0 unspecified atom stereocenters. The van der Waals surface area contributed by atoms with Crippen molar-refractivity contribution in [3.05, 3.63) is 56.9 Å². The number of nitro benzene ring substituents is 1. The lowest BCUT2D eigenvalue weighted by Crippen LogP contribution is -2.38. The van der Waals surface area contributed by atoms with Crippen molar-refractivity contribution >= 4 is 39.1 Å². The number of carbonyl (C=O) groups excluding carboxylic acids is 2. The van der Waals surface area contributed by atoms with Gasteiger partial charge in [0.25, 0.3) is 11.6 Å². The number of nitro groups is 1. The SMILES string of the molecule is O=C(CNC(=O)c1ccc(Br)o1)NCCNc1ccc([N+](=O)[O-])cc1. The summed E-state index contributed by atoms with van der Waals surface area (Å²) < 4.78 is 5.50. The van der Waals surface area contributed by atoms with E-state index in [0.29, 0.717) is 23.4 Å². The van der Waals surface area contributed by atoms with E-state index < -0.39 is 10.8 Å². The first-order chi connectivity index (χ1) is 12.0. The van der Waals surface area contributed by atoms with Gasteiger partial charge in [-0.2, -0.15) is 0 Å². The average molecular weight is 411 g/mol. The Kier molecular flexibility index (Phi) is 6.52. The van der Waals surface area contributed by atoms with Gasteiger partial charge in [-0.3, -0.25) is 19.7 Å². The first-order valence-corrected chi connectivity index (χ1v) is 8.03. The van der Waals surface area contributed by atoms with Crippen molar-refractivity contribution in [2.24, 2.45) is 0 Å². The number of nitrogens with one attached hydrogen (secondary N) is 3. The number of carbonyl (C=O) groups is 2. The summed E-state index contributed by atoms with van der Waals surface area (Å²) in [6.45, 7) is 0.593. The zero-order valence-electron chi connectivity index (χ0n) is 13.0. The second-order valence-electron chi connectivity index (χ2n) is 4.87. The monoisotopic (exact) mass is 410 g/mol. The normalized spacial score (nSPS) is 10.1. The summed E-state index contributed by atoms with van der Waals surface area (Å²) in [5, 5.41) is 18.6. The average Bonchev–Trinajstić information content (AvgIpc) is 3.03. The van der Waals surface area contributed by atoms with E-state index in [1.165, 1.54) is 18.2 Å². The van der Waals surface area contributed by atoms with Gasteiger partial charge in [0, 0.05) is 30.9 Å². The maximum Gasteiger partial charge on any atom is 0.287 e. The number of non-ortho nitro benzene ring substituents is 1. The van der Waals surface area contributed by atoms with Gasteiger partial charge in [-0.05, 0) is 40.2 Å². The number of benzene rings is 1. The summed E-state index contributed by atoms with van der Waals surface area (Å²) >= 11 is 3.09. The van der Waals surface area contributed by atoms with Gasteiger partial charge < -0.3 is 20.4 Å². The number of hydrogen-bond donors (Lipinski definition) is 3. The van der Waals surface area contributed by atoms with Crippen molar-refractivity contribution in [3.8, 4) is 0 Å². The standard InChI is InChI=1S/C15H15BrN4O5/c16-13-6-5-12(25-13)15(22)19-9-14(21)18-8-7-17-10-1-3-11(4-2-10)20(23)24/h1-6,17H,7-9H2,(H,18,21)(H,19,22). The predicted molar refractivity (Wildman–Crippen MR) is 93.3 cm³/mol. The first-order valence-electron chi connectivity index (χ1n) is 7.24. The molecule has 0 bridgehead atoms. The second-order valence-corrected chi connectivity index (χ2v) is 5.65. The molecule has 2 rings (SSSR count). The number of halogens is 1. The van der Waals surface area contributed by atoms with Crippen LogP contribution in [0.5, 0.6) is 0 Å². The molecule has 0 saturated carbocycles. The van der Waals surface area contributed by atoms with Crippen LogP contribution >= 0.6 is 15.9 Å². The molecule has 0 fully saturated rings. The van der Waals surface area contributed by atoms with E-state index in [9.17, 15) is 19.7 Å². The van der Waals surface area contributed by atoms with Crippen molar-refractivity contribution in [2.45, 2.75) is 0 Å². The van der Waals surface area contributed by atoms with Crippen molar-refractivity contribution < 1.29 is 18.9 Å². The van der Waals surface area contributed by atoms with Gasteiger partial charge in [0.05, 0.1) is 11.5 Å². The van der Waals surface area contributed by atoms with Crippen LogP contribution in [0.2, 0.25) is 0 Å². The van der Waals surface area contributed by atoms with E-state index in [4.69, 9.17) is 4.42 Å². The molecule has 0 saturated heterocycles. The molecular formula is C15H15BrN4O5. The molecular weight excluding hydrogens is 396 g/mol. The molecule has 2 amide bonds. The highest BCUT2D eigenvalue weighted by molar-refractivity contribution is 9.10. The van der Waals surface area contributed by atoms with Crippen molar-refractivity contribution in [1.82, 2.24) is 10.6 Å². The molecule has 1 aromatic heterocycles. The fraction of sp³-hybridized carbons (Fsp3) is 0.200. The smallest absolute Gasteiger partial charge is 0.287 e. The fourth-order valence-electron chi connectivity index (χ4n) is 1.86. The third-order valence-electron chi connectivity index (χ3n) is 3.06. The Bertz CT molecular complexity index is 760. The maximum absolute atomic E-state index is 11.7. The second kappa shape index (κ2) is 8.83. The van der Waals surface area contributed by atoms with Crippen LogP contribution in [-0.4, -0.2) is 36.4 Å². The highest BCUT2D eigenvalue weighted by Gasteiger charge is 2.11. The van der Waals surface area contributed by atoms with Gasteiger partial charge in [0.15, 0.2) is 10.4 Å². The molecule has 132 valence electrons. The summed E-state index contributed by atoms with van der Waals surface area (Å²) in [7, 11) is 0. The van der Waals surface area contributed by atoms with Gasteiger partial charge in [-0.25, -0.2) is 0 Å². The minimum absolute atomic E-state index is 0.0122. The topological polar surface area (TPSA) is 127 Å². The van der Waals surface area contributed by atoms with Crippen LogP contribution in [0, 0.1) is 10.1 Å². The van der Waals surface area contributed by atoms with Gasteiger partial charge in [-0.1, -0.05) is 0 Å². The number of rotatable bonds is 8. The van der Waals surface area contributed by atoms with Crippen LogP contribution in [-0.2, 0) is 4.79 Å². The lowest BCUT2D eigenvalue weighted by atomic mass is 10.3. The number of nitrogens with zero attached hydrogens (tertiary/aromatic N) is 1. The quantitative estimate of drug-likeness (QED) is 0.346. The van der Waals surface area contributed by atoms with E-state index in [1.807, 2.05) is 0 Å². The highest BCUT2D eigenvalue weighted by Crippen LogP contribution is 2.15. The number of hydrogen-bond acceptors (Lipinski definition) is 6. The minimum Gasteiger partial charge on any atom is -0.444 e. The van der Waals surface area contributed by atoms with E-state index >= 15 is 0 Å².